The van der Waals surface area contributed by atoms with E-state index in [9.17, 15) is 20.1 Å². The van der Waals surface area contributed by atoms with Gasteiger partial charge in [-0.1, -0.05) is 32.0 Å². The van der Waals surface area contributed by atoms with Crippen LogP contribution in [0.25, 0.3) is 0 Å². The van der Waals surface area contributed by atoms with Crippen molar-refractivity contribution in [2.45, 2.75) is 63.7 Å². The van der Waals surface area contributed by atoms with E-state index in [0.717, 1.165) is 36.3 Å². The molecule has 0 saturated heterocycles. The standard InChI is InChI=1S/C23H26N4O3S2/c1-5-8-9-16-11-10-15(12-24)21(26-16)31-18(6-2)20(28)27-22-17(13-25)14(4)19(32-22)23(29)30-7-3/h10-11,18H,5-9H2,1-4H3,(H,27,28). The highest BCUT2D eigenvalue weighted by atomic mass is 32.2. The minimum Gasteiger partial charge on any atom is -0.462 e. The van der Waals surface area contributed by atoms with Crippen LogP contribution in [0.15, 0.2) is 17.2 Å². The molecule has 0 radical (unpaired) electrons. The van der Waals surface area contributed by atoms with Crippen LogP contribution in [0.4, 0.5) is 5.00 Å². The summed E-state index contributed by atoms with van der Waals surface area (Å²) < 4.78 is 5.05. The Morgan fingerprint density at radius 1 is 1.25 bits per heavy atom. The van der Waals surface area contributed by atoms with Crippen LogP contribution in [0.3, 0.4) is 0 Å². The lowest BCUT2D eigenvalue weighted by Crippen LogP contribution is -2.24. The molecule has 168 valence electrons. The topological polar surface area (TPSA) is 116 Å². The van der Waals surface area contributed by atoms with Crippen molar-refractivity contribution in [3.63, 3.8) is 0 Å². The third-order valence-corrected chi connectivity index (χ3v) is 7.25. The highest BCUT2D eigenvalue weighted by Gasteiger charge is 2.26. The predicted octanol–water partition coefficient (Wildman–Crippen LogP) is 5.22. The summed E-state index contributed by atoms with van der Waals surface area (Å²) in [6.07, 6.45) is 3.35. The van der Waals surface area contributed by atoms with E-state index in [2.05, 4.69) is 29.4 Å². The van der Waals surface area contributed by atoms with Gasteiger partial charge >= 0.3 is 5.97 Å². The second-order valence-electron chi connectivity index (χ2n) is 6.97. The van der Waals surface area contributed by atoms with Gasteiger partial charge in [0.05, 0.1) is 23.0 Å². The first kappa shape index (κ1) is 25.4. The number of aryl methyl sites for hydroxylation is 1. The first-order valence-corrected chi connectivity index (χ1v) is 12.2. The summed E-state index contributed by atoms with van der Waals surface area (Å²) in [5.74, 6) is -0.824. The number of nitrogens with zero attached hydrogens (tertiary/aromatic N) is 3. The van der Waals surface area contributed by atoms with Crippen LogP contribution in [0.5, 0.6) is 0 Å². The van der Waals surface area contributed by atoms with E-state index < -0.39 is 11.2 Å². The quantitative estimate of drug-likeness (QED) is 0.373. The number of esters is 1. The molecule has 9 heteroatoms. The number of carbonyl (C=O) groups is 2. The van der Waals surface area contributed by atoms with E-state index in [-0.39, 0.29) is 18.1 Å². The van der Waals surface area contributed by atoms with Gasteiger partial charge in [-0.3, -0.25) is 4.79 Å². The van der Waals surface area contributed by atoms with Gasteiger partial charge in [-0.15, -0.1) is 11.3 Å². The zero-order chi connectivity index (χ0) is 23.7. The Morgan fingerprint density at radius 2 is 2.00 bits per heavy atom. The average molecular weight is 471 g/mol. The number of rotatable bonds is 10. The summed E-state index contributed by atoms with van der Waals surface area (Å²) in [4.78, 5) is 30.1. The number of amides is 1. The molecule has 0 aliphatic heterocycles. The lowest BCUT2D eigenvalue weighted by Gasteiger charge is -2.15. The normalized spacial score (nSPS) is 11.3. The summed E-state index contributed by atoms with van der Waals surface area (Å²) in [5, 5.41) is 22.1. The summed E-state index contributed by atoms with van der Waals surface area (Å²) in [5.41, 5.74) is 2.06. The number of thiophene rings is 1. The van der Waals surface area contributed by atoms with Crippen molar-refractivity contribution < 1.29 is 14.3 Å². The van der Waals surface area contributed by atoms with Gasteiger partial charge in [-0.2, -0.15) is 10.5 Å². The number of thioether (sulfide) groups is 1. The Morgan fingerprint density at radius 3 is 2.59 bits per heavy atom. The van der Waals surface area contributed by atoms with Gasteiger partial charge in [0.15, 0.2) is 0 Å². The maximum absolute atomic E-state index is 13.0. The number of ether oxygens (including phenoxy) is 1. The Kier molecular flexibility index (Phi) is 9.70. The maximum Gasteiger partial charge on any atom is 0.348 e. The van der Waals surface area contributed by atoms with Crippen LogP contribution in [-0.4, -0.2) is 28.7 Å². The molecule has 0 aromatic carbocycles. The summed E-state index contributed by atoms with van der Waals surface area (Å²) >= 11 is 2.27. The molecule has 1 N–H and O–H groups in total. The van der Waals surface area contributed by atoms with Gasteiger partial charge in [0.2, 0.25) is 5.91 Å². The molecule has 2 rings (SSSR count). The summed E-state index contributed by atoms with van der Waals surface area (Å²) in [6.45, 7) is 7.57. The molecular formula is C23H26N4O3S2. The third kappa shape index (κ3) is 6.09. The zero-order valence-corrected chi connectivity index (χ0v) is 20.3. The van der Waals surface area contributed by atoms with E-state index in [0.29, 0.717) is 32.5 Å². The largest absolute Gasteiger partial charge is 0.462 e. The number of nitriles is 2. The summed E-state index contributed by atoms with van der Waals surface area (Å²) in [7, 11) is 0. The predicted molar refractivity (Wildman–Crippen MR) is 126 cm³/mol. The van der Waals surface area contributed by atoms with Gasteiger partial charge in [-0.25, -0.2) is 9.78 Å². The molecule has 1 atom stereocenters. The number of hydrogen-bond acceptors (Lipinski definition) is 8. The second-order valence-corrected chi connectivity index (χ2v) is 9.18. The Balaban J connectivity index is 2.26. The fourth-order valence-electron chi connectivity index (χ4n) is 2.93. The van der Waals surface area contributed by atoms with Crippen molar-refractivity contribution in [2.75, 3.05) is 11.9 Å². The van der Waals surface area contributed by atoms with Crippen molar-refractivity contribution in [1.82, 2.24) is 4.98 Å². The Bertz CT molecular complexity index is 1070. The van der Waals surface area contributed by atoms with Crippen LogP contribution >= 0.6 is 23.1 Å². The van der Waals surface area contributed by atoms with Crippen LogP contribution in [-0.2, 0) is 16.0 Å². The van der Waals surface area contributed by atoms with Crippen molar-refractivity contribution in [3.05, 3.63) is 39.4 Å². The van der Waals surface area contributed by atoms with Crippen molar-refractivity contribution in [2.24, 2.45) is 0 Å². The van der Waals surface area contributed by atoms with E-state index in [1.165, 1.54) is 11.8 Å². The van der Waals surface area contributed by atoms with Crippen LogP contribution in [0, 0.1) is 29.6 Å². The fourth-order valence-corrected chi connectivity index (χ4v) is 4.99. The van der Waals surface area contributed by atoms with Crippen LogP contribution < -0.4 is 5.32 Å². The van der Waals surface area contributed by atoms with E-state index in [1.807, 2.05) is 13.0 Å². The zero-order valence-electron chi connectivity index (χ0n) is 18.7. The molecule has 0 saturated carbocycles. The fraction of sp³-hybridized carbons (Fsp3) is 0.435. The Labute approximate surface area is 196 Å². The minimum absolute atomic E-state index is 0.222. The van der Waals surface area contributed by atoms with Gasteiger partial charge in [0.25, 0.3) is 0 Å². The number of hydrogen-bond donors (Lipinski definition) is 1. The molecule has 1 amide bonds. The van der Waals surface area contributed by atoms with Crippen LogP contribution in [0.1, 0.15) is 72.1 Å². The monoisotopic (exact) mass is 470 g/mol. The van der Waals surface area contributed by atoms with Gasteiger partial charge in [0.1, 0.15) is 27.0 Å². The molecule has 2 aromatic rings. The SMILES string of the molecule is CCCCc1ccc(C#N)c(SC(CC)C(=O)Nc2sc(C(=O)OCC)c(C)c2C#N)n1. The lowest BCUT2D eigenvalue weighted by molar-refractivity contribution is -0.115. The van der Waals surface area contributed by atoms with Gasteiger partial charge < -0.3 is 10.1 Å². The van der Waals surface area contributed by atoms with Crippen molar-refractivity contribution in [1.29, 1.82) is 10.5 Å². The van der Waals surface area contributed by atoms with Gasteiger partial charge in [0, 0.05) is 5.69 Å². The minimum atomic E-state index is -0.518. The maximum atomic E-state index is 13.0. The molecular weight excluding hydrogens is 444 g/mol. The van der Waals surface area contributed by atoms with E-state index in [4.69, 9.17) is 4.74 Å². The molecule has 1 unspecified atom stereocenters. The number of carbonyl (C=O) groups excluding carboxylic acids is 2. The number of aromatic nitrogens is 1. The first-order valence-electron chi connectivity index (χ1n) is 10.5. The number of pyridine rings is 1. The number of nitrogens with one attached hydrogen (secondary N) is 1. The highest BCUT2D eigenvalue weighted by Crippen LogP contribution is 2.34. The number of anilines is 1. The Hall–Kier alpha value is -2.88. The lowest BCUT2D eigenvalue weighted by atomic mass is 10.1. The first-order chi connectivity index (χ1) is 15.4. The molecule has 0 aliphatic carbocycles. The third-order valence-electron chi connectivity index (χ3n) is 4.70. The molecule has 0 bridgehead atoms. The molecule has 7 nitrogen and oxygen atoms in total. The van der Waals surface area contributed by atoms with Crippen molar-refractivity contribution >= 4 is 40.0 Å². The molecule has 32 heavy (non-hydrogen) atoms. The molecule has 2 aromatic heterocycles. The second kappa shape index (κ2) is 12.2. The number of unbranched alkanes of at least 4 members (excludes halogenated alkanes) is 1. The molecule has 2 heterocycles. The molecule has 0 fully saturated rings. The molecule has 0 aliphatic rings. The van der Waals surface area contributed by atoms with Crippen LogP contribution in [0.2, 0.25) is 0 Å². The smallest absolute Gasteiger partial charge is 0.348 e. The van der Waals surface area contributed by atoms with E-state index >= 15 is 0 Å². The van der Waals surface area contributed by atoms with E-state index in [1.54, 1.807) is 19.9 Å². The van der Waals surface area contributed by atoms with Crippen molar-refractivity contribution in [3.8, 4) is 12.1 Å². The van der Waals surface area contributed by atoms with Gasteiger partial charge in [-0.05, 0) is 50.8 Å². The highest BCUT2D eigenvalue weighted by molar-refractivity contribution is 8.00. The summed E-state index contributed by atoms with van der Waals surface area (Å²) in [6, 6.07) is 7.80. The average Bonchev–Trinajstić information content (AvgIpc) is 3.10. The molecule has 0 spiro atoms.